The van der Waals surface area contributed by atoms with E-state index < -0.39 is 17.7 Å². The SMILES string of the molecule is Cc1ccc(CSc2nnc(N3C(=O)C(=O)/C(=C(/O)c4cc(C)ccc4C)C3c3ccc(Br)cc3)s2)cc1. The Balaban J connectivity index is 1.55. The fraction of sp³-hybridized carbons (Fsp3) is 0.172. The van der Waals surface area contributed by atoms with Crippen LogP contribution in [-0.4, -0.2) is 27.0 Å². The highest BCUT2D eigenvalue weighted by Gasteiger charge is 2.48. The van der Waals surface area contributed by atoms with Crippen molar-refractivity contribution in [2.24, 2.45) is 0 Å². The largest absolute Gasteiger partial charge is 0.507 e. The number of nitrogens with zero attached hydrogens (tertiary/aromatic N) is 3. The molecule has 3 aromatic carbocycles. The Bertz CT molecular complexity index is 1560. The number of anilines is 1. The second kappa shape index (κ2) is 10.8. The number of rotatable bonds is 6. The highest BCUT2D eigenvalue weighted by Crippen LogP contribution is 2.44. The van der Waals surface area contributed by atoms with Crippen LogP contribution in [-0.2, 0) is 15.3 Å². The van der Waals surface area contributed by atoms with E-state index in [9.17, 15) is 14.7 Å². The molecule has 0 saturated carbocycles. The number of ketones is 1. The minimum atomic E-state index is -0.842. The van der Waals surface area contributed by atoms with Crippen LogP contribution in [0.5, 0.6) is 0 Å². The van der Waals surface area contributed by atoms with Gasteiger partial charge in [0.05, 0.1) is 11.6 Å². The van der Waals surface area contributed by atoms with Gasteiger partial charge in [0.15, 0.2) is 4.34 Å². The number of benzene rings is 3. The molecule has 2 heterocycles. The predicted octanol–water partition coefficient (Wildman–Crippen LogP) is 7.14. The summed E-state index contributed by atoms with van der Waals surface area (Å²) in [6, 6.07) is 20.4. The molecule has 1 amide bonds. The lowest BCUT2D eigenvalue weighted by molar-refractivity contribution is -0.132. The molecule has 0 aliphatic carbocycles. The second-order valence-corrected chi connectivity index (χ2v) is 12.3. The molecule has 1 atom stereocenters. The molecule has 1 aliphatic rings. The predicted molar refractivity (Wildman–Crippen MR) is 155 cm³/mol. The number of hydrogen-bond donors (Lipinski definition) is 1. The molecule has 0 bridgehead atoms. The number of aromatic nitrogens is 2. The first kappa shape index (κ1) is 26.3. The van der Waals surface area contributed by atoms with Crippen LogP contribution in [0.15, 0.2) is 81.1 Å². The summed E-state index contributed by atoms with van der Waals surface area (Å²) in [5.41, 5.74) is 5.34. The van der Waals surface area contributed by atoms with Crippen LogP contribution in [0.2, 0.25) is 0 Å². The summed E-state index contributed by atoms with van der Waals surface area (Å²) in [4.78, 5) is 28.2. The van der Waals surface area contributed by atoms with E-state index in [0.29, 0.717) is 26.4 Å². The maximum absolute atomic E-state index is 13.4. The van der Waals surface area contributed by atoms with E-state index in [0.717, 1.165) is 21.2 Å². The maximum atomic E-state index is 13.4. The van der Waals surface area contributed by atoms with Crippen LogP contribution >= 0.6 is 39.0 Å². The zero-order valence-electron chi connectivity index (χ0n) is 20.9. The molecule has 0 spiro atoms. The van der Waals surface area contributed by atoms with Gasteiger partial charge in [-0.1, -0.05) is 98.7 Å². The maximum Gasteiger partial charge on any atom is 0.301 e. The van der Waals surface area contributed by atoms with E-state index in [-0.39, 0.29) is 11.3 Å². The fourth-order valence-corrected chi connectivity index (χ4v) is 6.40. The van der Waals surface area contributed by atoms with Crippen molar-refractivity contribution in [3.8, 4) is 0 Å². The topological polar surface area (TPSA) is 83.4 Å². The van der Waals surface area contributed by atoms with E-state index in [1.165, 1.54) is 33.6 Å². The van der Waals surface area contributed by atoms with Crippen molar-refractivity contribution in [2.75, 3.05) is 4.90 Å². The summed E-state index contributed by atoms with van der Waals surface area (Å²) in [6.45, 7) is 5.82. The number of halogens is 1. The van der Waals surface area contributed by atoms with Crippen LogP contribution in [0.25, 0.3) is 5.76 Å². The summed E-state index contributed by atoms with van der Waals surface area (Å²) < 4.78 is 1.55. The lowest BCUT2D eigenvalue weighted by atomic mass is 9.93. The van der Waals surface area contributed by atoms with Gasteiger partial charge in [0.25, 0.3) is 5.78 Å². The van der Waals surface area contributed by atoms with Crippen molar-refractivity contribution < 1.29 is 14.7 Å². The van der Waals surface area contributed by atoms with Crippen molar-refractivity contribution in [3.63, 3.8) is 0 Å². The first-order valence-electron chi connectivity index (χ1n) is 11.9. The van der Waals surface area contributed by atoms with Gasteiger partial charge in [-0.05, 0) is 55.7 Å². The summed E-state index contributed by atoms with van der Waals surface area (Å²) in [5, 5.41) is 20.3. The third-order valence-corrected chi connectivity index (χ3v) is 9.02. The number of hydrogen-bond acceptors (Lipinski definition) is 7. The van der Waals surface area contributed by atoms with Crippen LogP contribution < -0.4 is 4.90 Å². The van der Waals surface area contributed by atoms with Crippen molar-refractivity contribution in [1.82, 2.24) is 10.2 Å². The molecule has 1 aliphatic heterocycles. The Hall–Kier alpha value is -3.27. The molecule has 0 radical (unpaired) electrons. The number of carbonyl (C=O) groups excluding carboxylic acids is 2. The molecule has 1 fully saturated rings. The number of Topliss-reactive ketones (excluding diaryl/α,β-unsaturated/α-hetero) is 1. The van der Waals surface area contributed by atoms with Crippen molar-refractivity contribution in [3.05, 3.63) is 110 Å². The standard InChI is InChI=1S/C29H24BrN3O3S2/c1-16-5-8-19(9-6-16)15-37-29-32-31-28(38-29)33-24(20-10-12-21(30)13-11-20)23(26(35)27(33)36)25(34)22-14-17(2)4-7-18(22)3/h4-14,24,34H,15H2,1-3H3/b25-23+. The Kier molecular flexibility index (Phi) is 7.52. The molecule has 1 aromatic heterocycles. The van der Waals surface area contributed by atoms with Crippen molar-refractivity contribution in [2.45, 2.75) is 36.9 Å². The number of aliphatic hydroxyl groups excluding tert-OH is 1. The normalized spacial score (nSPS) is 16.8. The molecule has 1 unspecified atom stereocenters. The average Bonchev–Trinajstić information content (AvgIpc) is 3.47. The van der Waals surface area contributed by atoms with E-state index in [2.05, 4.69) is 50.4 Å². The molecule has 192 valence electrons. The van der Waals surface area contributed by atoms with E-state index in [1.54, 1.807) is 0 Å². The van der Waals surface area contributed by atoms with E-state index in [1.807, 2.05) is 63.2 Å². The molecular weight excluding hydrogens is 582 g/mol. The van der Waals surface area contributed by atoms with Gasteiger partial charge in [0.1, 0.15) is 5.76 Å². The van der Waals surface area contributed by atoms with Gasteiger partial charge in [-0.25, -0.2) is 0 Å². The monoisotopic (exact) mass is 605 g/mol. The number of thioether (sulfide) groups is 1. The summed E-state index contributed by atoms with van der Waals surface area (Å²) >= 11 is 6.22. The number of aliphatic hydroxyl groups is 1. The van der Waals surface area contributed by atoms with Gasteiger partial charge in [-0.15, -0.1) is 10.2 Å². The molecule has 4 aromatic rings. The zero-order valence-corrected chi connectivity index (χ0v) is 24.2. The molecule has 6 nitrogen and oxygen atoms in total. The fourth-order valence-electron chi connectivity index (χ4n) is 4.31. The highest BCUT2D eigenvalue weighted by molar-refractivity contribution is 9.10. The van der Waals surface area contributed by atoms with Crippen LogP contribution in [0.3, 0.4) is 0 Å². The summed E-state index contributed by atoms with van der Waals surface area (Å²) in [7, 11) is 0. The first-order valence-corrected chi connectivity index (χ1v) is 14.5. The quantitative estimate of drug-likeness (QED) is 0.0826. The van der Waals surface area contributed by atoms with Crippen LogP contribution in [0.4, 0.5) is 5.13 Å². The minimum Gasteiger partial charge on any atom is -0.507 e. The molecule has 9 heteroatoms. The van der Waals surface area contributed by atoms with Crippen molar-refractivity contribution in [1.29, 1.82) is 0 Å². The molecule has 5 rings (SSSR count). The van der Waals surface area contributed by atoms with Crippen LogP contribution in [0, 0.1) is 20.8 Å². The Morgan fingerprint density at radius 1 is 0.974 bits per heavy atom. The lowest BCUT2D eigenvalue weighted by Gasteiger charge is -2.22. The third kappa shape index (κ3) is 5.18. The molecule has 1 N–H and O–H groups in total. The van der Waals surface area contributed by atoms with Gasteiger partial charge >= 0.3 is 5.91 Å². The minimum absolute atomic E-state index is 0.0371. The smallest absolute Gasteiger partial charge is 0.301 e. The first-order chi connectivity index (χ1) is 18.2. The zero-order chi connectivity index (χ0) is 27.0. The van der Waals surface area contributed by atoms with Crippen LogP contribution in [0.1, 0.15) is 39.4 Å². The molecular formula is C29H24BrN3O3S2. The molecule has 38 heavy (non-hydrogen) atoms. The van der Waals surface area contributed by atoms with Gasteiger partial charge in [-0.3, -0.25) is 14.5 Å². The lowest BCUT2D eigenvalue weighted by Crippen LogP contribution is -2.29. The Morgan fingerprint density at radius 2 is 1.66 bits per heavy atom. The average molecular weight is 607 g/mol. The van der Waals surface area contributed by atoms with Gasteiger partial charge in [0, 0.05) is 15.8 Å². The van der Waals surface area contributed by atoms with E-state index in [4.69, 9.17) is 0 Å². The summed E-state index contributed by atoms with van der Waals surface area (Å²) in [5.74, 6) is -0.980. The highest BCUT2D eigenvalue weighted by atomic mass is 79.9. The van der Waals surface area contributed by atoms with Gasteiger partial charge in [-0.2, -0.15) is 0 Å². The number of carbonyl (C=O) groups is 2. The number of amides is 1. The Labute approximate surface area is 237 Å². The van der Waals surface area contributed by atoms with Crippen molar-refractivity contribution >= 4 is 61.6 Å². The molecule has 1 saturated heterocycles. The Morgan fingerprint density at radius 3 is 2.37 bits per heavy atom. The summed E-state index contributed by atoms with van der Waals surface area (Å²) in [6.07, 6.45) is 0. The second-order valence-electron chi connectivity index (χ2n) is 9.16. The van der Waals surface area contributed by atoms with Gasteiger partial charge < -0.3 is 5.11 Å². The third-order valence-electron chi connectivity index (χ3n) is 6.36. The van der Waals surface area contributed by atoms with Gasteiger partial charge in [0.2, 0.25) is 5.13 Å². The van der Waals surface area contributed by atoms with E-state index >= 15 is 0 Å². The number of aryl methyl sites for hydroxylation is 3.